The Balaban J connectivity index is 1.02. The zero-order chi connectivity index (χ0) is 50.9. The van der Waals surface area contributed by atoms with Crippen LogP contribution < -0.4 is 14.7 Å². The molecule has 3 nitrogen and oxygen atoms in total. The molecule has 0 N–H and O–H groups in total. The Morgan fingerprint density at radius 2 is 0.697 bits per heavy atom. The lowest BCUT2D eigenvalue weighted by atomic mass is 9.64. The normalized spacial score (nSPS) is 14.9. The Labute approximate surface area is 446 Å². The molecule has 11 aromatic rings. The average Bonchev–Trinajstić information content (AvgIpc) is 4.17. The van der Waals surface area contributed by atoms with Gasteiger partial charge in [0.2, 0.25) is 0 Å². The Bertz CT molecular complexity index is 4090. The number of hydrogen-bond acceptors (Lipinski definition) is 3. The lowest BCUT2D eigenvalue weighted by Crippen LogP contribution is -2.36. The van der Waals surface area contributed by atoms with E-state index in [0.29, 0.717) is 0 Å². The molecule has 1 spiro atoms. The molecule has 3 heteroatoms. The number of benzene rings is 11. The number of nitrogens with zero attached hydrogens (tertiary/aromatic N) is 3. The van der Waals surface area contributed by atoms with Gasteiger partial charge in [-0.05, 0) is 163 Å². The van der Waals surface area contributed by atoms with Crippen molar-refractivity contribution in [2.75, 3.05) is 14.7 Å². The Morgan fingerprint density at radius 3 is 1.26 bits per heavy atom. The van der Waals surface area contributed by atoms with Gasteiger partial charge in [0.15, 0.2) is 0 Å². The lowest BCUT2D eigenvalue weighted by Gasteiger charge is -2.45. The van der Waals surface area contributed by atoms with Crippen LogP contribution in [0.15, 0.2) is 261 Å². The minimum Gasteiger partial charge on any atom is -0.310 e. The quantitative estimate of drug-likeness (QED) is 0.158. The molecule has 0 saturated heterocycles. The highest BCUT2D eigenvalue weighted by atomic mass is 15.2. The summed E-state index contributed by atoms with van der Waals surface area (Å²) in [5.41, 5.74) is 27.4. The van der Waals surface area contributed by atoms with Gasteiger partial charge in [-0.3, -0.25) is 0 Å². The summed E-state index contributed by atoms with van der Waals surface area (Å²) in [5.74, 6) is 0. The zero-order valence-electron chi connectivity index (χ0n) is 43.2. The second-order valence-corrected chi connectivity index (χ2v) is 22.0. The molecule has 4 aliphatic rings. The fourth-order valence-corrected chi connectivity index (χ4v) is 14.0. The highest BCUT2D eigenvalue weighted by Crippen LogP contribution is 2.66. The van der Waals surface area contributed by atoms with E-state index in [2.05, 4.69) is 303 Å². The van der Waals surface area contributed by atoms with Crippen LogP contribution in [0.1, 0.15) is 72.2 Å². The summed E-state index contributed by atoms with van der Waals surface area (Å²) in [6, 6.07) is 97.7. The first-order chi connectivity index (χ1) is 37.2. The van der Waals surface area contributed by atoms with Crippen LogP contribution in [-0.4, -0.2) is 0 Å². The van der Waals surface area contributed by atoms with Gasteiger partial charge < -0.3 is 14.7 Å². The van der Waals surface area contributed by atoms with Gasteiger partial charge in [-0.25, -0.2) is 0 Å². The summed E-state index contributed by atoms with van der Waals surface area (Å²) >= 11 is 0. The van der Waals surface area contributed by atoms with Crippen molar-refractivity contribution in [1.82, 2.24) is 0 Å². The van der Waals surface area contributed by atoms with Crippen LogP contribution in [0, 0.1) is 0 Å². The van der Waals surface area contributed by atoms with Crippen molar-refractivity contribution in [1.29, 1.82) is 0 Å². The van der Waals surface area contributed by atoms with Gasteiger partial charge in [-0.1, -0.05) is 198 Å². The Morgan fingerprint density at radius 1 is 0.276 bits per heavy atom. The van der Waals surface area contributed by atoms with E-state index in [9.17, 15) is 0 Å². The molecular weight excluding hydrogens is 919 g/mol. The van der Waals surface area contributed by atoms with Crippen molar-refractivity contribution in [3.8, 4) is 33.4 Å². The second-order valence-electron chi connectivity index (χ2n) is 22.0. The van der Waals surface area contributed by atoms with Gasteiger partial charge >= 0.3 is 0 Å². The molecule has 0 atom stereocenters. The summed E-state index contributed by atoms with van der Waals surface area (Å²) in [7, 11) is 0. The largest absolute Gasteiger partial charge is 0.310 e. The summed E-state index contributed by atoms with van der Waals surface area (Å²) < 4.78 is 0. The zero-order valence-corrected chi connectivity index (χ0v) is 43.2. The topological polar surface area (TPSA) is 9.72 Å². The van der Waals surface area contributed by atoms with E-state index in [4.69, 9.17) is 0 Å². The maximum atomic E-state index is 2.53. The summed E-state index contributed by atoms with van der Waals surface area (Å²) in [5, 5.41) is 0. The van der Waals surface area contributed by atoms with E-state index in [1.165, 1.54) is 89.3 Å². The summed E-state index contributed by atoms with van der Waals surface area (Å²) in [6.45, 7) is 9.51. The number of para-hydroxylation sites is 5. The average molecular weight is 974 g/mol. The van der Waals surface area contributed by atoms with Crippen LogP contribution in [0.5, 0.6) is 0 Å². The summed E-state index contributed by atoms with van der Waals surface area (Å²) in [6.07, 6.45) is 0. The fourth-order valence-electron chi connectivity index (χ4n) is 14.0. The minimum absolute atomic E-state index is 0.158. The SMILES string of the molecule is CC1(C)c2ccccc2-c2ccc(N(c3ccccc3)c3ccc4c(c3)-c3c(N(c5ccccc5)c5ccc6c(c5)C(C)(C)c5ccccc5-6)cccc3C43c4ccccc4N(c4ccccc4)c4ccccc43)cc21. The first kappa shape index (κ1) is 44.3. The van der Waals surface area contributed by atoms with Crippen molar-refractivity contribution in [2.45, 2.75) is 43.9 Å². The maximum absolute atomic E-state index is 2.53. The number of fused-ring (bicyclic) bond motifs is 15. The summed E-state index contributed by atoms with van der Waals surface area (Å²) in [4.78, 5) is 7.47. The van der Waals surface area contributed by atoms with E-state index < -0.39 is 5.41 Å². The number of hydrogen-bond donors (Lipinski definition) is 0. The molecule has 0 amide bonds. The molecule has 0 unspecified atom stereocenters. The third kappa shape index (κ3) is 6.11. The number of anilines is 9. The molecule has 3 aliphatic carbocycles. The van der Waals surface area contributed by atoms with Gasteiger partial charge in [0.25, 0.3) is 0 Å². The van der Waals surface area contributed by atoms with Crippen molar-refractivity contribution < 1.29 is 0 Å². The third-order valence-corrected chi connectivity index (χ3v) is 17.4. The number of rotatable bonds is 7. The highest BCUT2D eigenvalue weighted by Gasteiger charge is 2.53. The lowest BCUT2D eigenvalue weighted by molar-refractivity contribution is 0.660. The molecule has 0 aromatic heterocycles. The molecule has 0 fully saturated rings. The monoisotopic (exact) mass is 973 g/mol. The van der Waals surface area contributed by atoms with Gasteiger partial charge in [-0.2, -0.15) is 0 Å². The van der Waals surface area contributed by atoms with Crippen LogP contribution in [0.3, 0.4) is 0 Å². The standard InChI is InChI=1S/C73H55N3/c1-71(2)59-31-16-14-29-54(59)56-42-39-52(46-65(56)71)74(48-23-8-5-9-24-48)51-41-44-61-58(45-51)70-64(73(61)62-33-18-20-36-67(62)76(50-27-12-7-13-28-50)68-37-21-19-34-63(68)73)35-22-38-69(70)75(49-25-10-6-11-26-49)53-40-43-57-55-30-15-17-32-60(55)72(3,4)66(57)47-53/h5-47H,1-4H3. The molecule has 1 aliphatic heterocycles. The molecule has 11 aromatic carbocycles. The first-order valence-electron chi connectivity index (χ1n) is 26.8. The van der Waals surface area contributed by atoms with E-state index in [0.717, 1.165) is 39.8 Å². The molecule has 362 valence electrons. The molecule has 0 radical (unpaired) electrons. The van der Waals surface area contributed by atoms with Gasteiger partial charge in [0, 0.05) is 50.5 Å². The predicted octanol–water partition coefficient (Wildman–Crippen LogP) is 19.4. The second kappa shape index (κ2) is 16.4. The molecule has 15 rings (SSSR count). The van der Waals surface area contributed by atoms with Crippen molar-refractivity contribution in [3.05, 3.63) is 305 Å². The van der Waals surface area contributed by atoms with Gasteiger partial charge in [0.05, 0.1) is 22.5 Å². The smallest absolute Gasteiger partial charge is 0.0755 e. The molecular formula is C73H55N3. The molecule has 0 bridgehead atoms. The fraction of sp³-hybridized carbons (Fsp3) is 0.0959. The maximum Gasteiger partial charge on any atom is 0.0755 e. The van der Waals surface area contributed by atoms with Crippen molar-refractivity contribution in [2.24, 2.45) is 0 Å². The highest BCUT2D eigenvalue weighted by molar-refractivity contribution is 6.03. The van der Waals surface area contributed by atoms with E-state index in [-0.39, 0.29) is 10.8 Å². The first-order valence-corrected chi connectivity index (χ1v) is 26.8. The van der Waals surface area contributed by atoms with Gasteiger partial charge in [0.1, 0.15) is 0 Å². The Kier molecular flexibility index (Phi) is 9.57. The van der Waals surface area contributed by atoms with E-state index in [1.54, 1.807) is 0 Å². The van der Waals surface area contributed by atoms with E-state index >= 15 is 0 Å². The van der Waals surface area contributed by atoms with Crippen LogP contribution in [0.4, 0.5) is 51.2 Å². The van der Waals surface area contributed by atoms with Crippen molar-refractivity contribution >= 4 is 51.2 Å². The minimum atomic E-state index is -0.678. The third-order valence-electron chi connectivity index (χ3n) is 17.4. The van der Waals surface area contributed by atoms with Crippen LogP contribution >= 0.6 is 0 Å². The van der Waals surface area contributed by atoms with Crippen LogP contribution in [0.2, 0.25) is 0 Å². The van der Waals surface area contributed by atoms with E-state index in [1.807, 2.05) is 0 Å². The Hall–Kier alpha value is -9.18. The van der Waals surface area contributed by atoms with Gasteiger partial charge in [-0.15, -0.1) is 0 Å². The van der Waals surface area contributed by atoms with Crippen LogP contribution in [0.25, 0.3) is 33.4 Å². The van der Waals surface area contributed by atoms with Crippen LogP contribution in [-0.2, 0) is 16.2 Å². The molecule has 76 heavy (non-hydrogen) atoms. The molecule has 1 heterocycles. The predicted molar refractivity (Wildman–Crippen MR) is 316 cm³/mol. The molecule has 0 saturated carbocycles. The van der Waals surface area contributed by atoms with Crippen molar-refractivity contribution in [3.63, 3.8) is 0 Å².